The fraction of sp³-hybridized carbons (Fsp3) is 0.444. The maximum Gasteiger partial charge on any atom is 0.191 e. The van der Waals surface area contributed by atoms with Crippen LogP contribution in [0.25, 0.3) is 0 Å². The summed E-state index contributed by atoms with van der Waals surface area (Å²) in [5.41, 5.74) is 1.24. The van der Waals surface area contributed by atoms with Crippen molar-refractivity contribution in [3.05, 3.63) is 45.9 Å². The summed E-state index contributed by atoms with van der Waals surface area (Å²) in [7, 11) is 1.69. The minimum absolute atomic E-state index is 0.610. The van der Waals surface area contributed by atoms with Gasteiger partial charge in [0, 0.05) is 24.2 Å². The number of hydrogen-bond acceptors (Lipinski definition) is 4. The normalized spacial score (nSPS) is 11.4. The molecule has 1 heterocycles. The Balaban J connectivity index is 1.86. The summed E-state index contributed by atoms with van der Waals surface area (Å²) in [6.45, 7) is 6.47. The van der Waals surface area contributed by atoms with E-state index in [2.05, 4.69) is 46.6 Å². The van der Waals surface area contributed by atoms with Gasteiger partial charge in [0.05, 0.1) is 13.7 Å². The molecule has 0 spiro atoms. The number of nitrogens with zero attached hydrogens (tertiary/aromatic N) is 2. The smallest absolute Gasteiger partial charge is 0.191 e. The monoisotopic (exact) mass is 346 g/mol. The van der Waals surface area contributed by atoms with Crippen molar-refractivity contribution in [1.29, 1.82) is 0 Å². The Morgan fingerprint density at radius 1 is 1.29 bits per heavy atom. The molecule has 2 N–H and O–H groups in total. The summed E-state index contributed by atoms with van der Waals surface area (Å²) >= 11 is 1.73. The number of ether oxygens (including phenoxy) is 1. The predicted molar refractivity (Wildman–Crippen MR) is 101 cm³/mol. The van der Waals surface area contributed by atoms with Crippen molar-refractivity contribution in [3.8, 4) is 5.75 Å². The Bertz CT molecular complexity index is 654. The number of aryl methyl sites for hydroxylation is 1. The van der Waals surface area contributed by atoms with E-state index in [0.29, 0.717) is 6.54 Å². The number of guanidine groups is 1. The predicted octanol–water partition coefficient (Wildman–Crippen LogP) is 3.01. The third-order valence-corrected chi connectivity index (χ3v) is 4.63. The average molecular weight is 347 g/mol. The van der Waals surface area contributed by atoms with Crippen LogP contribution in [0.2, 0.25) is 0 Å². The van der Waals surface area contributed by atoms with Crippen LogP contribution in [-0.4, -0.2) is 31.1 Å². The quantitative estimate of drug-likeness (QED) is 0.570. The van der Waals surface area contributed by atoms with Crippen molar-refractivity contribution >= 4 is 17.3 Å². The minimum atomic E-state index is 0.610. The molecule has 0 radical (unpaired) electrons. The molecule has 130 valence electrons. The van der Waals surface area contributed by atoms with E-state index in [0.717, 1.165) is 42.6 Å². The first-order chi connectivity index (χ1) is 11.7. The Kier molecular flexibility index (Phi) is 7.55. The zero-order chi connectivity index (χ0) is 17.2. The maximum absolute atomic E-state index is 5.26. The number of rotatable bonds is 8. The van der Waals surface area contributed by atoms with Crippen molar-refractivity contribution in [2.45, 2.75) is 33.2 Å². The number of thiazole rings is 1. The molecular weight excluding hydrogens is 320 g/mol. The van der Waals surface area contributed by atoms with Gasteiger partial charge in [-0.25, -0.2) is 9.98 Å². The van der Waals surface area contributed by atoms with E-state index in [1.165, 1.54) is 10.4 Å². The summed E-state index contributed by atoms with van der Waals surface area (Å²) in [6, 6.07) is 8.14. The van der Waals surface area contributed by atoms with Gasteiger partial charge in [0.25, 0.3) is 0 Å². The third-order valence-electron chi connectivity index (χ3n) is 3.51. The molecule has 2 rings (SSSR count). The van der Waals surface area contributed by atoms with Crippen LogP contribution in [0.5, 0.6) is 5.75 Å². The summed E-state index contributed by atoms with van der Waals surface area (Å²) in [6.07, 6.45) is 3.89. The molecule has 0 aliphatic carbocycles. The average Bonchev–Trinajstić information content (AvgIpc) is 3.08. The molecule has 0 aliphatic heterocycles. The largest absolute Gasteiger partial charge is 0.497 e. The van der Waals surface area contributed by atoms with Crippen LogP contribution in [0.15, 0.2) is 35.5 Å². The standard InChI is InChI=1S/C18H26N4OS/c1-4-16-12-21-17(24-16)13-22-18(19-5-2)20-10-9-14-7-6-8-15(11-14)23-3/h6-8,11-12H,4-5,9-10,13H2,1-3H3,(H2,19,20,22). The van der Waals surface area contributed by atoms with E-state index in [4.69, 9.17) is 4.74 Å². The van der Waals surface area contributed by atoms with Crippen molar-refractivity contribution in [2.75, 3.05) is 20.2 Å². The number of benzene rings is 1. The molecule has 0 amide bonds. The second-order valence-electron chi connectivity index (χ2n) is 5.30. The molecule has 24 heavy (non-hydrogen) atoms. The fourth-order valence-corrected chi connectivity index (χ4v) is 3.01. The molecule has 0 saturated heterocycles. The fourth-order valence-electron chi connectivity index (χ4n) is 2.23. The minimum Gasteiger partial charge on any atom is -0.497 e. The SMILES string of the molecule is CCNC(=NCc1ncc(CC)s1)NCCc1cccc(OC)c1. The van der Waals surface area contributed by atoms with Gasteiger partial charge in [-0.1, -0.05) is 19.1 Å². The lowest BCUT2D eigenvalue weighted by atomic mass is 10.1. The van der Waals surface area contributed by atoms with Gasteiger partial charge in [-0.15, -0.1) is 11.3 Å². The molecule has 1 aromatic heterocycles. The second kappa shape index (κ2) is 9.93. The molecule has 5 nitrogen and oxygen atoms in total. The summed E-state index contributed by atoms with van der Waals surface area (Å²) in [5.74, 6) is 1.72. The van der Waals surface area contributed by atoms with Crippen LogP contribution in [0.4, 0.5) is 0 Å². The van der Waals surface area contributed by atoms with Gasteiger partial charge in [-0.2, -0.15) is 0 Å². The first-order valence-electron chi connectivity index (χ1n) is 8.33. The Labute approximate surface area is 148 Å². The van der Waals surface area contributed by atoms with Crippen molar-refractivity contribution in [2.24, 2.45) is 4.99 Å². The number of aromatic nitrogens is 1. The first kappa shape index (κ1) is 18.3. The van der Waals surface area contributed by atoms with Gasteiger partial charge in [-0.05, 0) is 37.5 Å². The van der Waals surface area contributed by atoms with E-state index in [-0.39, 0.29) is 0 Å². The molecule has 0 saturated carbocycles. The van der Waals surface area contributed by atoms with E-state index in [9.17, 15) is 0 Å². The molecule has 6 heteroatoms. The van der Waals surface area contributed by atoms with Gasteiger partial charge in [0.15, 0.2) is 5.96 Å². The van der Waals surface area contributed by atoms with Crippen molar-refractivity contribution in [1.82, 2.24) is 15.6 Å². The van der Waals surface area contributed by atoms with Crippen LogP contribution in [-0.2, 0) is 19.4 Å². The molecule has 0 fully saturated rings. The van der Waals surface area contributed by atoms with Crippen LogP contribution in [0.1, 0.15) is 29.3 Å². The van der Waals surface area contributed by atoms with E-state index < -0.39 is 0 Å². The molecule has 1 aromatic carbocycles. The molecular formula is C18H26N4OS. The summed E-state index contributed by atoms with van der Waals surface area (Å²) in [5, 5.41) is 7.70. The molecule has 0 bridgehead atoms. The van der Waals surface area contributed by atoms with Gasteiger partial charge < -0.3 is 15.4 Å². The number of hydrogen-bond donors (Lipinski definition) is 2. The van der Waals surface area contributed by atoms with E-state index >= 15 is 0 Å². The highest BCUT2D eigenvalue weighted by molar-refractivity contribution is 7.11. The van der Waals surface area contributed by atoms with Crippen LogP contribution < -0.4 is 15.4 Å². The number of methoxy groups -OCH3 is 1. The van der Waals surface area contributed by atoms with E-state index in [1.54, 1.807) is 18.4 Å². The highest BCUT2D eigenvalue weighted by atomic mass is 32.1. The highest BCUT2D eigenvalue weighted by Crippen LogP contribution is 2.14. The molecule has 0 atom stereocenters. The lowest BCUT2D eigenvalue weighted by molar-refractivity contribution is 0.414. The van der Waals surface area contributed by atoms with Gasteiger partial charge in [0.1, 0.15) is 10.8 Å². The summed E-state index contributed by atoms with van der Waals surface area (Å²) < 4.78 is 5.26. The van der Waals surface area contributed by atoms with Gasteiger partial charge >= 0.3 is 0 Å². The Morgan fingerprint density at radius 3 is 2.88 bits per heavy atom. The third kappa shape index (κ3) is 5.85. The lowest BCUT2D eigenvalue weighted by Crippen LogP contribution is -2.38. The van der Waals surface area contributed by atoms with Crippen LogP contribution in [0.3, 0.4) is 0 Å². The number of nitrogens with one attached hydrogen (secondary N) is 2. The maximum atomic E-state index is 5.26. The van der Waals surface area contributed by atoms with Gasteiger partial charge in [-0.3, -0.25) is 0 Å². The zero-order valence-corrected chi connectivity index (χ0v) is 15.4. The first-order valence-corrected chi connectivity index (χ1v) is 9.15. The second-order valence-corrected chi connectivity index (χ2v) is 6.50. The van der Waals surface area contributed by atoms with Crippen LogP contribution >= 0.6 is 11.3 Å². The van der Waals surface area contributed by atoms with Crippen molar-refractivity contribution in [3.63, 3.8) is 0 Å². The molecule has 0 aliphatic rings. The molecule has 0 unspecified atom stereocenters. The molecule has 2 aromatic rings. The number of aliphatic imine (C=N–C) groups is 1. The topological polar surface area (TPSA) is 58.5 Å². The van der Waals surface area contributed by atoms with Crippen LogP contribution in [0, 0.1) is 0 Å². The van der Waals surface area contributed by atoms with Gasteiger partial charge in [0.2, 0.25) is 0 Å². The Hall–Kier alpha value is -2.08. The Morgan fingerprint density at radius 2 is 2.17 bits per heavy atom. The lowest BCUT2D eigenvalue weighted by Gasteiger charge is -2.11. The van der Waals surface area contributed by atoms with Crippen molar-refractivity contribution < 1.29 is 4.74 Å². The summed E-state index contributed by atoms with van der Waals surface area (Å²) in [4.78, 5) is 10.3. The van der Waals surface area contributed by atoms with E-state index in [1.807, 2.05) is 18.3 Å². The highest BCUT2D eigenvalue weighted by Gasteiger charge is 2.02. The zero-order valence-electron chi connectivity index (χ0n) is 14.6.